The van der Waals surface area contributed by atoms with Gasteiger partial charge in [-0.3, -0.25) is 4.79 Å². The van der Waals surface area contributed by atoms with Gasteiger partial charge in [0.1, 0.15) is 17.4 Å². The van der Waals surface area contributed by atoms with Crippen LogP contribution < -0.4 is 10.6 Å². The van der Waals surface area contributed by atoms with E-state index in [1.165, 1.54) is 12.1 Å². The standard InChI is InChI=1S/C17H15FN4O2/c18-13-4-1-3-12(9-13)10-17(23)20-16-7-6-15(21-22-16)19-11-14-5-2-8-24-14/h1-9H,10-11H2,(H,19,21)(H,20,22,23). The van der Waals surface area contributed by atoms with Crippen molar-refractivity contribution in [3.05, 3.63) is 71.9 Å². The van der Waals surface area contributed by atoms with Gasteiger partial charge in [0.05, 0.1) is 19.2 Å². The number of benzene rings is 1. The highest BCUT2D eigenvalue weighted by atomic mass is 19.1. The fourth-order valence-corrected chi connectivity index (χ4v) is 2.10. The molecule has 0 bridgehead atoms. The predicted octanol–water partition coefficient (Wildman–Crippen LogP) is 3.00. The molecule has 6 nitrogen and oxygen atoms in total. The quantitative estimate of drug-likeness (QED) is 0.728. The lowest BCUT2D eigenvalue weighted by atomic mass is 10.1. The minimum atomic E-state index is -0.368. The normalized spacial score (nSPS) is 10.4. The molecule has 0 aliphatic heterocycles. The Morgan fingerprint density at radius 3 is 2.62 bits per heavy atom. The number of amides is 1. The maximum absolute atomic E-state index is 13.1. The van der Waals surface area contributed by atoms with E-state index >= 15 is 0 Å². The molecule has 0 aliphatic carbocycles. The summed E-state index contributed by atoms with van der Waals surface area (Å²) < 4.78 is 18.3. The third-order valence-electron chi connectivity index (χ3n) is 3.21. The fraction of sp³-hybridized carbons (Fsp3) is 0.118. The molecule has 0 saturated heterocycles. The van der Waals surface area contributed by atoms with Crippen LogP contribution in [0.4, 0.5) is 16.0 Å². The zero-order valence-electron chi connectivity index (χ0n) is 12.7. The van der Waals surface area contributed by atoms with Crippen molar-refractivity contribution in [1.82, 2.24) is 10.2 Å². The van der Waals surface area contributed by atoms with Crippen molar-refractivity contribution < 1.29 is 13.6 Å². The summed E-state index contributed by atoms with van der Waals surface area (Å²) in [4.78, 5) is 11.9. The van der Waals surface area contributed by atoms with Crippen molar-refractivity contribution in [2.75, 3.05) is 10.6 Å². The average molecular weight is 326 g/mol. The Bertz CT molecular complexity index is 804. The minimum absolute atomic E-state index is 0.0674. The number of nitrogens with one attached hydrogen (secondary N) is 2. The maximum atomic E-state index is 13.1. The average Bonchev–Trinajstić information content (AvgIpc) is 3.07. The largest absolute Gasteiger partial charge is 0.467 e. The number of nitrogens with zero attached hydrogens (tertiary/aromatic N) is 2. The molecule has 0 spiro atoms. The lowest BCUT2D eigenvalue weighted by molar-refractivity contribution is -0.115. The molecule has 7 heteroatoms. The number of rotatable bonds is 6. The van der Waals surface area contributed by atoms with Gasteiger partial charge in [0.2, 0.25) is 5.91 Å². The monoisotopic (exact) mass is 326 g/mol. The Morgan fingerprint density at radius 2 is 1.92 bits per heavy atom. The first-order valence-corrected chi connectivity index (χ1v) is 7.33. The van der Waals surface area contributed by atoms with E-state index in [9.17, 15) is 9.18 Å². The van der Waals surface area contributed by atoms with Gasteiger partial charge in [-0.2, -0.15) is 0 Å². The molecule has 2 N–H and O–H groups in total. The summed E-state index contributed by atoms with van der Waals surface area (Å²) in [6.07, 6.45) is 1.66. The Hall–Kier alpha value is -3.22. The van der Waals surface area contributed by atoms with Gasteiger partial charge in [-0.25, -0.2) is 4.39 Å². The predicted molar refractivity (Wildman–Crippen MR) is 86.8 cm³/mol. The molecule has 1 aromatic carbocycles. The van der Waals surface area contributed by atoms with Crippen molar-refractivity contribution in [3.63, 3.8) is 0 Å². The third kappa shape index (κ3) is 4.39. The molecule has 24 heavy (non-hydrogen) atoms. The molecule has 0 aliphatic rings. The fourth-order valence-electron chi connectivity index (χ4n) is 2.10. The highest BCUT2D eigenvalue weighted by Crippen LogP contribution is 2.10. The van der Waals surface area contributed by atoms with Gasteiger partial charge in [0.15, 0.2) is 5.82 Å². The van der Waals surface area contributed by atoms with Crippen LogP contribution in [-0.4, -0.2) is 16.1 Å². The highest BCUT2D eigenvalue weighted by Gasteiger charge is 2.06. The molecule has 0 radical (unpaired) electrons. The van der Waals surface area contributed by atoms with Crippen molar-refractivity contribution in [1.29, 1.82) is 0 Å². The molecule has 3 aromatic rings. The number of hydrogen-bond donors (Lipinski definition) is 2. The highest BCUT2D eigenvalue weighted by molar-refractivity contribution is 5.91. The number of aromatic nitrogens is 2. The van der Waals surface area contributed by atoms with Crippen LogP contribution in [-0.2, 0) is 17.8 Å². The Labute approximate surface area is 137 Å². The topological polar surface area (TPSA) is 80.0 Å². The van der Waals surface area contributed by atoms with Gasteiger partial charge in [-0.15, -0.1) is 10.2 Å². The van der Waals surface area contributed by atoms with E-state index in [2.05, 4.69) is 20.8 Å². The molecule has 0 saturated carbocycles. The lowest BCUT2D eigenvalue weighted by Crippen LogP contribution is -2.16. The summed E-state index contributed by atoms with van der Waals surface area (Å²) >= 11 is 0. The van der Waals surface area contributed by atoms with Gasteiger partial charge < -0.3 is 15.1 Å². The number of carbonyl (C=O) groups excluding carboxylic acids is 1. The molecule has 0 atom stereocenters. The van der Waals surface area contributed by atoms with Crippen LogP contribution in [0.5, 0.6) is 0 Å². The Morgan fingerprint density at radius 1 is 1.08 bits per heavy atom. The van der Waals surface area contributed by atoms with Crippen molar-refractivity contribution in [2.45, 2.75) is 13.0 Å². The smallest absolute Gasteiger partial charge is 0.229 e. The minimum Gasteiger partial charge on any atom is -0.467 e. The lowest BCUT2D eigenvalue weighted by Gasteiger charge is -2.06. The molecule has 1 amide bonds. The van der Waals surface area contributed by atoms with Crippen LogP contribution in [0.3, 0.4) is 0 Å². The summed E-state index contributed by atoms with van der Waals surface area (Å²) in [5.74, 6) is 1.03. The third-order valence-corrected chi connectivity index (χ3v) is 3.21. The van der Waals surface area contributed by atoms with Crippen LogP contribution in [0.25, 0.3) is 0 Å². The second-order valence-electron chi connectivity index (χ2n) is 5.09. The SMILES string of the molecule is O=C(Cc1cccc(F)c1)Nc1ccc(NCc2ccco2)nn1. The van der Waals surface area contributed by atoms with Crippen LogP contribution in [0.2, 0.25) is 0 Å². The van der Waals surface area contributed by atoms with Gasteiger partial charge >= 0.3 is 0 Å². The number of furan rings is 1. The second-order valence-corrected chi connectivity index (χ2v) is 5.09. The molecular formula is C17H15FN4O2. The van der Waals surface area contributed by atoms with Gasteiger partial charge in [0.25, 0.3) is 0 Å². The van der Waals surface area contributed by atoms with Crippen LogP contribution >= 0.6 is 0 Å². The van der Waals surface area contributed by atoms with Crippen molar-refractivity contribution in [2.24, 2.45) is 0 Å². The van der Waals surface area contributed by atoms with Crippen molar-refractivity contribution >= 4 is 17.5 Å². The summed E-state index contributed by atoms with van der Waals surface area (Å²) in [6, 6.07) is 12.9. The Kier molecular flexibility index (Phi) is 4.81. The zero-order valence-corrected chi connectivity index (χ0v) is 12.7. The van der Waals surface area contributed by atoms with Gasteiger partial charge in [0, 0.05) is 0 Å². The molecule has 0 unspecified atom stereocenters. The van der Waals surface area contributed by atoms with E-state index < -0.39 is 0 Å². The van der Waals surface area contributed by atoms with E-state index in [0.717, 1.165) is 5.76 Å². The summed E-state index contributed by atoms with van der Waals surface area (Å²) in [5, 5.41) is 13.6. The number of hydrogen-bond acceptors (Lipinski definition) is 5. The maximum Gasteiger partial charge on any atom is 0.229 e. The molecule has 2 heterocycles. The van der Waals surface area contributed by atoms with Crippen LogP contribution in [0.1, 0.15) is 11.3 Å². The summed E-state index contributed by atoms with van der Waals surface area (Å²) in [7, 11) is 0. The molecule has 122 valence electrons. The van der Waals surface area contributed by atoms with E-state index in [4.69, 9.17) is 4.42 Å². The second kappa shape index (κ2) is 7.36. The first-order valence-electron chi connectivity index (χ1n) is 7.33. The van der Waals surface area contributed by atoms with E-state index in [-0.39, 0.29) is 18.1 Å². The summed E-state index contributed by atoms with van der Waals surface area (Å²) in [6.45, 7) is 0.493. The van der Waals surface area contributed by atoms with E-state index in [1.54, 1.807) is 36.6 Å². The van der Waals surface area contributed by atoms with Gasteiger partial charge in [-0.05, 0) is 42.0 Å². The molecule has 3 rings (SSSR count). The van der Waals surface area contributed by atoms with E-state index in [1.807, 2.05) is 6.07 Å². The van der Waals surface area contributed by atoms with Crippen LogP contribution in [0, 0.1) is 5.82 Å². The molecule has 2 aromatic heterocycles. The van der Waals surface area contributed by atoms with E-state index in [0.29, 0.717) is 23.7 Å². The number of anilines is 2. The first-order chi connectivity index (χ1) is 11.7. The van der Waals surface area contributed by atoms with Crippen molar-refractivity contribution in [3.8, 4) is 0 Å². The molecule has 0 fully saturated rings. The van der Waals surface area contributed by atoms with Gasteiger partial charge in [-0.1, -0.05) is 12.1 Å². The molecular weight excluding hydrogens is 311 g/mol. The Balaban J connectivity index is 1.52. The zero-order chi connectivity index (χ0) is 16.8. The number of halogens is 1. The number of carbonyl (C=O) groups is 1. The first kappa shape index (κ1) is 15.7. The summed E-state index contributed by atoms with van der Waals surface area (Å²) in [5.41, 5.74) is 0.595. The van der Waals surface area contributed by atoms with Crippen LogP contribution in [0.15, 0.2) is 59.2 Å².